The van der Waals surface area contributed by atoms with E-state index in [1.807, 2.05) is 25.1 Å². The Kier molecular flexibility index (Phi) is 5.84. The maximum Gasteiger partial charge on any atom is 0.125 e. The Bertz CT molecular complexity index is 440. The summed E-state index contributed by atoms with van der Waals surface area (Å²) in [6.45, 7) is 8.47. The zero-order valence-electron chi connectivity index (χ0n) is 12.1. The van der Waals surface area contributed by atoms with Crippen molar-refractivity contribution in [2.45, 2.75) is 26.0 Å². The van der Waals surface area contributed by atoms with Crippen LogP contribution in [0.5, 0.6) is 5.75 Å². The molecule has 1 saturated heterocycles. The highest BCUT2D eigenvalue weighted by Crippen LogP contribution is 2.28. The first-order chi connectivity index (χ1) is 9.60. The molecule has 1 aromatic rings. The van der Waals surface area contributed by atoms with Gasteiger partial charge in [0.2, 0.25) is 0 Å². The lowest BCUT2D eigenvalue weighted by Crippen LogP contribution is -2.44. The highest BCUT2D eigenvalue weighted by atomic mass is 79.9. The van der Waals surface area contributed by atoms with E-state index < -0.39 is 0 Å². The summed E-state index contributed by atoms with van der Waals surface area (Å²) in [7, 11) is 0. The molecule has 0 radical (unpaired) electrons. The summed E-state index contributed by atoms with van der Waals surface area (Å²) in [6, 6.07) is 5.92. The third-order valence-electron chi connectivity index (χ3n) is 3.56. The van der Waals surface area contributed by atoms with Gasteiger partial charge in [-0.1, -0.05) is 28.9 Å². The van der Waals surface area contributed by atoms with Gasteiger partial charge in [-0.3, -0.25) is 4.90 Å². The third kappa shape index (κ3) is 4.19. The molecule has 0 bridgehead atoms. The van der Waals surface area contributed by atoms with Gasteiger partial charge in [0.1, 0.15) is 18.5 Å². The second kappa shape index (κ2) is 7.41. The Balaban J connectivity index is 1.98. The van der Waals surface area contributed by atoms with Crippen LogP contribution in [0.3, 0.4) is 0 Å². The van der Waals surface area contributed by atoms with Crippen molar-refractivity contribution >= 4 is 15.9 Å². The van der Waals surface area contributed by atoms with E-state index in [0.717, 1.165) is 42.0 Å². The van der Waals surface area contributed by atoms with E-state index in [-0.39, 0.29) is 12.1 Å². The van der Waals surface area contributed by atoms with Gasteiger partial charge >= 0.3 is 0 Å². The minimum Gasteiger partial charge on any atom is -0.490 e. The van der Waals surface area contributed by atoms with Crippen molar-refractivity contribution in [2.75, 3.05) is 32.8 Å². The Morgan fingerprint density at radius 3 is 3.05 bits per heavy atom. The molecule has 0 saturated carbocycles. The summed E-state index contributed by atoms with van der Waals surface area (Å²) in [6.07, 6.45) is 0.128. The standard InChI is InChI=1S/C15H23BrN2O2/c1-3-18-6-7-19-13(9-18)10-20-15-8-12(16)4-5-14(15)11(2)17/h4-5,8,11,13H,3,6-7,9-10,17H2,1-2H3/t11-,13?/m0/s1. The topological polar surface area (TPSA) is 47.7 Å². The number of ether oxygens (including phenoxy) is 2. The van der Waals surface area contributed by atoms with Gasteiger partial charge in [-0.25, -0.2) is 0 Å². The summed E-state index contributed by atoms with van der Waals surface area (Å²) >= 11 is 3.47. The molecule has 1 aliphatic heterocycles. The molecular formula is C15H23BrN2O2. The summed E-state index contributed by atoms with van der Waals surface area (Å²) < 4.78 is 12.7. The molecule has 4 nitrogen and oxygen atoms in total. The lowest BCUT2D eigenvalue weighted by Gasteiger charge is -2.32. The molecule has 5 heteroatoms. The van der Waals surface area contributed by atoms with Crippen molar-refractivity contribution in [1.82, 2.24) is 4.90 Å². The average molecular weight is 343 g/mol. The van der Waals surface area contributed by atoms with Gasteiger partial charge in [0.15, 0.2) is 0 Å². The smallest absolute Gasteiger partial charge is 0.125 e. The molecule has 0 aliphatic carbocycles. The molecule has 112 valence electrons. The van der Waals surface area contributed by atoms with E-state index in [1.165, 1.54) is 0 Å². The monoisotopic (exact) mass is 342 g/mol. The molecule has 1 aromatic carbocycles. The van der Waals surface area contributed by atoms with Crippen molar-refractivity contribution in [3.63, 3.8) is 0 Å². The van der Waals surface area contributed by atoms with E-state index >= 15 is 0 Å². The van der Waals surface area contributed by atoms with E-state index in [0.29, 0.717) is 6.61 Å². The Morgan fingerprint density at radius 1 is 1.55 bits per heavy atom. The van der Waals surface area contributed by atoms with Gasteiger partial charge in [0.25, 0.3) is 0 Å². The summed E-state index contributed by atoms with van der Waals surface area (Å²) in [4.78, 5) is 2.38. The molecule has 2 atom stereocenters. The highest BCUT2D eigenvalue weighted by Gasteiger charge is 2.20. The second-order valence-electron chi connectivity index (χ2n) is 5.17. The Labute approximate surface area is 129 Å². The van der Waals surface area contributed by atoms with Crippen LogP contribution >= 0.6 is 15.9 Å². The first-order valence-corrected chi connectivity index (χ1v) is 7.91. The van der Waals surface area contributed by atoms with Crippen molar-refractivity contribution in [1.29, 1.82) is 0 Å². The third-order valence-corrected chi connectivity index (χ3v) is 4.05. The molecule has 0 spiro atoms. The first kappa shape index (κ1) is 15.8. The predicted molar refractivity (Wildman–Crippen MR) is 84.1 cm³/mol. The number of nitrogens with two attached hydrogens (primary N) is 1. The van der Waals surface area contributed by atoms with Gasteiger partial charge < -0.3 is 15.2 Å². The maximum absolute atomic E-state index is 5.98. The number of nitrogens with zero attached hydrogens (tertiary/aromatic N) is 1. The fourth-order valence-electron chi connectivity index (χ4n) is 2.36. The molecular weight excluding hydrogens is 320 g/mol. The fraction of sp³-hybridized carbons (Fsp3) is 0.600. The SMILES string of the molecule is CCN1CCOC(COc2cc(Br)ccc2[C@H](C)N)C1. The van der Waals surface area contributed by atoms with Crippen LogP contribution in [-0.2, 0) is 4.74 Å². The predicted octanol–water partition coefficient (Wildman–Crippen LogP) is 2.57. The van der Waals surface area contributed by atoms with E-state index in [2.05, 4.69) is 27.8 Å². The normalized spacial score (nSPS) is 21.7. The number of halogens is 1. The minimum absolute atomic E-state index is 0.0440. The summed E-state index contributed by atoms with van der Waals surface area (Å²) in [5.74, 6) is 0.839. The van der Waals surface area contributed by atoms with Crippen molar-refractivity contribution in [3.05, 3.63) is 28.2 Å². The number of likely N-dealkylation sites (N-methyl/N-ethyl adjacent to an activating group) is 1. The van der Waals surface area contributed by atoms with Crippen molar-refractivity contribution < 1.29 is 9.47 Å². The minimum atomic E-state index is -0.0440. The van der Waals surface area contributed by atoms with Gasteiger partial charge in [-0.15, -0.1) is 0 Å². The summed E-state index contributed by atoms with van der Waals surface area (Å²) in [5, 5.41) is 0. The molecule has 1 aliphatic rings. The Morgan fingerprint density at radius 2 is 2.35 bits per heavy atom. The molecule has 20 heavy (non-hydrogen) atoms. The van der Waals surface area contributed by atoms with Crippen LogP contribution in [0.4, 0.5) is 0 Å². The van der Waals surface area contributed by atoms with E-state index in [9.17, 15) is 0 Å². The lowest BCUT2D eigenvalue weighted by atomic mass is 10.1. The van der Waals surface area contributed by atoms with Crippen LogP contribution in [0.1, 0.15) is 25.5 Å². The van der Waals surface area contributed by atoms with Gasteiger partial charge in [0, 0.05) is 29.2 Å². The van der Waals surface area contributed by atoms with Crippen LogP contribution in [-0.4, -0.2) is 43.9 Å². The first-order valence-electron chi connectivity index (χ1n) is 7.12. The molecule has 0 aromatic heterocycles. The summed E-state index contributed by atoms with van der Waals surface area (Å²) in [5.41, 5.74) is 7.01. The number of benzene rings is 1. The van der Waals surface area contributed by atoms with E-state index in [4.69, 9.17) is 15.2 Å². The molecule has 1 fully saturated rings. The fourth-order valence-corrected chi connectivity index (χ4v) is 2.70. The molecule has 0 amide bonds. The zero-order valence-corrected chi connectivity index (χ0v) is 13.7. The lowest BCUT2D eigenvalue weighted by molar-refractivity contribution is -0.0465. The van der Waals surface area contributed by atoms with Crippen LogP contribution in [0.2, 0.25) is 0 Å². The van der Waals surface area contributed by atoms with Crippen LogP contribution in [0, 0.1) is 0 Å². The number of rotatable bonds is 5. The van der Waals surface area contributed by atoms with Crippen molar-refractivity contribution in [3.8, 4) is 5.75 Å². The second-order valence-corrected chi connectivity index (χ2v) is 6.08. The van der Waals surface area contributed by atoms with Crippen LogP contribution in [0.25, 0.3) is 0 Å². The average Bonchev–Trinajstić information content (AvgIpc) is 2.45. The van der Waals surface area contributed by atoms with Gasteiger partial charge in [0.05, 0.1) is 6.61 Å². The van der Waals surface area contributed by atoms with Crippen LogP contribution < -0.4 is 10.5 Å². The van der Waals surface area contributed by atoms with Gasteiger partial charge in [-0.05, 0) is 25.6 Å². The zero-order chi connectivity index (χ0) is 14.5. The highest BCUT2D eigenvalue weighted by molar-refractivity contribution is 9.10. The molecule has 1 heterocycles. The number of morpholine rings is 1. The Hall–Kier alpha value is -0.620. The largest absolute Gasteiger partial charge is 0.490 e. The molecule has 1 unspecified atom stereocenters. The number of hydrogen-bond donors (Lipinski definition) is 1. The van der Waals surface area contributed by atoms with E-state index in [1.54, 1.807) is 0 Å². The van der Waals surface area contributed by atoms with Crippen molar-refractivity contribution in [2.24, 2.45) is 5.73 Å². The quantitative estimate of drug-likeness (QED) is 0.893. The molecule has 2 rings (SSSR count). The van der Waals surface area contributed by atoms with Gasteiger partial charge in [-0.2, -0.15) is 0 Å². The maximum atomic E-state index is 5.98. The molecule has 2 N–H and O–H groups in total. The number of hydrogen-bond acceptors (Lipinski definition) is 4. The van der Waals surface area contributed by atoms with Crippen LogP contribution in [0.15, 0.2) is 22.7 Å².